The van der Waals surface area contributed by atoms with Gasteiger partial charge in [-0.25, -0.2) is 0 Å². The molecule has 0 bridgehead atoms. The second kappa shape index (κ2) is 6.31. The van der Waals surface area contributed by atoms with Crippen LogP contribution in [0, 0.1) is 19.3 Å². The van der Waals surface area contributed by atoms with Gasteiger partial charge < -0.3 is 9.80 Å². The zero-order valence-electron chi connectivity index (χ0n) is 15.3. The molecule has 0 aromatic heterocycles. The number of hydrogen-bond acceptors (Lipinski definition) is 1. The Kier molecular flexibility index (Phi) is 4.35. The summed E-state index contributed by atoms with van der Waals surface area (Å²) in [5.74, 6) is 0.562. The molecule has 0 aliphatic carbocycles. The Labute approximate surface area is 145 Å². The first-order chi connectivity index (χ1) is 11.4. The van der Waals surface area contributed by atoms with E-state index in [1.165, 1.54) is 22.3 Å². The van der Waals surface area contributed by atoms with Crippen LogP contribution in [0.15, 0.2) is 42.5 Å². The minimum absolute atomic E-state index is 0.212. The van der Waals surface area contributed by atoms with Crippen LogP contribution in [0.25, 0.3) is 0 Å². The zero-order chi connectivity index (χ0) is 17.4. The van der Waals surface area contributed by atoms with Crippen molar-refractivity contribution in [3.05, 3.63) is 64.7 Å². The molecule has 1 aliphatic heterocycles. The third-order valence-corrected chi connectivity index (χ3v) is 5.11. The molecule has 2 aromatic carbocycles. The van der Waals surface area contributed by atoms with E-state index >= 15 is 0 Å². The van der Waals surface area contributed by atoms with Crippen molar-refractivity contribution in [2.24, 2.45) is 0 Å². The van der Waals surface area contributed by atoms with Gasteiger partial charge in [0, 0.05) is 18.8 Å². The molecule has 126 valence electrons. The third-order valence-electron chi connectivity index (χ3n) is 5.11. The first-order valence-electron chi connectivity index (χ1n) is 8.65. The van der Waals surface area contributed by atoms with Crippen LogP contribution in [0.4, 0.5) is 5.69 Å². The van der Waals surface area contributed by atoms with E-state index in [0.29, 0.717) is 12.0 Å². The lowest BCUT2D eigenvalue weighted by Gasteiger charge is -2.44. The monoisotopic (exact) mass is 321 g/mol. The van der Waals surface area contributed by atoms with Crippen LogP contribution in [-0.2, 0) is 6.42 Å². The summed E-state index contributed by atoms with van der Waals surface area (Å²) in [5, 5.41) is 8.79. The number of rotatable bonds is 1. The summed E-state index contributed by atoms with van der Waals surface area (Å²) >= 11 is 0. The molecule has 0 amide bonds. The Morgan fingerprint density at radius 1 is 1.08 bits per heavy atom. The van der Waals surface area contributed by atoms with Crippen LogP contribution in [-0.4, -0.2) is 23.9 Å². The van der Waals surface area contributed by atoms with E-state index in [1.807, 2.05) is 11.9 Å². The van der Waals surface area contributed by atoms with Crippen LogP contribution in [0.3, 0.4) is 0 Å². The van der Waals surface area contributed by atoms with Crippen LogP contribution >= 0.6 is 0 Å². The Bertz CT molecular complexity index is 765. The lowest BCUT2D eigenvalue weighted by molar-refractivity contribution is 0.238. The van der Waals surface area contributed by atoms with E-state index < -0.39 is 0 Å². The van der Waals surface area contributed by atoms with Gasteiger partial charge in [0.1, 0.15) is 0 Å². The number of nitrogens with one attached hydrogen (secondary N) is 1. The minimum Gasteiger partial charge on any atom is -0.333 e. The Morgan fingerprint density at radius 2 is 1.79 bits per heavy atom. The fraction of sp³-hybridized carbons (Fsp3) is 0.381. The second-order valence-corrected chi connectivity index (χ2v) is 7.06. The number of nitrogens with zero attached hydrogens (tertiary/aromatic N) is 2. The van der Waals surface area contributed by atoms with E-state index in [9.17, 15) is 0 Å². The molecule has 2 aromatic rings. The summed E-state index contributed by atoms with van der Waals surface area (Å²) in [7, 11) is 1.99. The predicted molar refractivity (Wildman–Crippen MR) is 102 cm³/mol. The first-order valence-corrected chi connectivity index (χ1v) is 8.65. The van der Waals surface area contributed by atoms with Crippen molar-refractivity contribution in [3.63, 3.8) is 0 Å². The largest absolute Gasteiger partial charge is 0.333 e. The number of benzene rings is 2. The quantitative estimate of drug-likeness (QED) is 0.610. The van der Waals surface area contributed by atoms with E-state index in [-0.39, 0.29) is 6.04 Å². The molecule has 3 heteroatoms. The Balaban J connectivity index is 1.91. The molecule has 0 saturated carbocycles. The molecule has 2 unspecified atom stereocenters. The van der Waals surface area contributed by atoms with Crippen LogP contribution < -0.4 is 4.90 Å². The molecule has 3 rings (SSSR count). The molecule has 0 saturated heterocycles. The summed E-state index contributed by atoms with van der Waals surface area (Å²) in [6, 6.07) is 15.6. The van der Waals surface area contributed by atoms with Gasteiger partial charge in [-0.05, 0) is 62.9 Å². The summed E-state index contributed by atoms with van der Waals surface area (Å²) in [4.78, 5) is 4.22. The Hall–Kier alpha value is -2.29. The van der Waals surface area contributed by atoms with E-state index in [1.54, 1.807) is 0 Å². The van der Waals surface area contributed by atoms with E-state index in [0.717, 1.165) is 12.1 Å². The highest BCUT2D eigenvalue weighted by atomic mass is 15.4. The van der Waals surface area contributed by atoms with E-state index in [4.69, 9.17) is 5.41 Å². The lowest BCUT2D eigenvalue weighted by Crippen LogP contribution is -2.50. The van der Waals surface area contributed by atoms with E-state index in [2.05, 4.69) is 75.1 Å². The van der Waals surface area contributed by atoms with Crippen molar-refractivity contribution < 1.29 is 0 Å². The maximum Gasteiger partial charge on any atom is 0.198 e. The average Bonchev–Trinajstić information content (AvgIpc) is 2.53. The van der Waals surface area contributed by atoms with Crippen molar-refractivity contribution in [2.45, 2.75) is 46.2 Å². The minimum atomic E-state index is 0.212. The van der Waals surface area contributed by atoms with Gasteiger partial charge in [0.15, 0.2) is 5.96 Å². The second-order valence-electron chi connectivity index (χ2n) is 7.06. The van der Waals surface area contributed by atoms with Crippen molar-refractivity contribution in [3.8, 4) is 0 Å². The topological polar surface area (TPSA) is 30.3 Å². The summed E-state index contributed by atoms with van der Waals surface area (Å²) < 4.78 is 0. The molecular weight excluding hydrogens is 294 g/mol. The summed E-state index contributed by atoms with van der Waals surface area (Å²) in [6.45, 7) is 8.67. The van der Waals surface area contributed by atoms with Crippen molar-refractivity contribution in [1.82, 2.24) is 4.90 Å². The van der Waals surface area contributed by atoms with Gasteiger partial charge in [0.2, 0.25) is 0 Å². The summed E-state index contributed by atoms with van der Waals surface area (Å²) in [6.07, 6.45) is 0.991. The zero-order valence-corrected chi connectivity index (χ0v) is 15.3. The Morgan fingerprint density at radius 3 is 2.50 bits per heavy atom. The van der Waals surface area contributed by atoms with Crippen molar-refractivity contribution in [1.29, 1.82) is 5.41 Å². The molecule has 1 aliphatic rings. The van der Waals surface area contributed by atoms with Gasteiger partial charge in [-0.15, -0.1) is 0 Å². The molecule has 1 heterocycles. The third kappa shape index (κ3) is 2.91. The SMILES string of the molecule is Cc1cccc(N(C)C(=N)N2C(C)Cc3cc(C)ccc3C2C)c1. The standard InChI is InChI=1S/C21H27N3/c1-14-7-6-8-19(12-14)23(5)21(22)24-16(3)13-18-11-15(2)9-10-20(18)17(24)4/h6-12,16-17,22H,13H2,1-5H3. The maximum absolute atomic E-state index is 8.79. The van der Waals surface area contributed by atoms with Gasteiger partial charge in [0.25, 0.3) is 0 Å². The molecule has 2 atom stereocenters. The van der Waals surface area contributed by atoms with Crippen molar-refractivity contribution >= 4 is 11.6 Å². The first kappa shape index (κ1) is 16.6. The van der Waals surface area contributed by atoms with Crippen molar-refractivity contribution in [2.75, 3.05) is 11.9 Å². The molecule has 1 N–H and O–H groups in total. The molecule has 24 heavy (non-hydrogen) atoms. The van der Waals surface area contributed by atoms with Crippen LogP contribution in [0.1, 0.15) is 42.1 Å². The maximum atomic E-state index is 8.79. The number of aryl methyl sites for hydroxylation is 2. The highest BCUT2D eigenvalue weighted by Crippen LogP contribution is 2.34. The normalized spacial score (nSPS) is 19.8. The number of guanidine groups is 1. The average molecular weight is 321 g/mol. The number of fused-ring (bicyclic) bond motifs is 1. The fourth-order valence-corrected chi connectivity index (χ4v) is 3.79. The van der Waals surface area contributed by atoms with Crippen LogP contribution in [0.5, 0.6) is 0 Å². The molecule has 0 radical (unpaired) electrons. The smallest absolute Gasteiger partial charge is 0.198 e. The van der Waals surface area contributed by atoms with Gasteiger partial charge in [-0.1, -0.05) is 35.9 Å². The molecule has 3 nitrogen and oxygen atoms in total. The highest BCUT2D eigenvalue weighted by molar-refractivity contribution is 5.94. The molecular formula is C21H27N3. The molecule has 0 spiro atoms. The summed E-state index contributed by atoms with van der Waals surface area (Å²) in [5.41, 5.74) is 6.37. The number of anilines is 1. The van der Waals surface area contributed by atoms with Gasteiger partial charge >= 0.3 is 0 Å². The van der Waals surface area contributed by atoms with Gasteiger partial charge in [-0.2, -0.15) is 0 Å². The predicted octanol–water partition coefficient (Wildman–Crippen LogP) is 4.68. The fourth-order valence-electron chi connectivity index (χ4n) is 3.79. The highest BCUT2D eigenvalue weighted by Gasteiger charge is 2.32. The van der Waals surface area contributed by atoms with Crippen LogP contribution in [0.2, 0.25) is 0 Å². The lowest BCUT2D eigenvalue weighted by atomic mass is 9.88. The molecule has 0 fully saturated rings. The number of hydrogen-bond donors (Lipinski definition) is 1. The van der Waals surface area contributed by atoms with Gasteiger partial charge in [0.05, 0.1) is 6.04 Å². The van der Waals surface area contributed by atoms with Gasteiger partial charge in [-0.3, -0.25) is 5.41 Å².